The van der Waals surface area contributed by atoms with E-state index in [-0.39, 0.29) is 11.9 Å². The second-order valence-electron chi connectivity index (χ2n) is 4.12. The molecule has 1 atom stereocenters. The van der Waals surface area contributed by atoms with Crippen molar-refractivity contribution in [2.45, 2.75) is 19.4 Å². The molecule has 0 aromatic heterocycles. The van der Waals surface area contributed by atoms with Gasteiger partial charge in [-0.25, -0.2) is 0 Å². The van der Waals surface area contributed by atoms with E-state index in [1.807, 2.05) is 31.2 Å². The summed E-state index contributed by atoms with van der Waals surface area (Å²) in [6.07, 6.45) is 0.373. The van der Waals surface area contributed by atoms with Gasteiger partial charge in [-0.15, -0.1) is 0 Å². The molecule has 2 N–H and O–H groups in total. The maximum Gasteiger partial charge on any atom is 0.227 e. The Hall–Kier alpha value is -1.55. The molecule has 4 nitrogen and oxygen atoms in total. The number of amides is 1. The second-order valence-corrected chi connectivity index (χ2v) is 4.12. The van der Waals surface area contributed by atoms with Gasteiger partial charge in [-0.3, -0.25) is 4.79 Å². The molecular weight excluding hydrogens is 216 g/mol. The van der Waals surface area contributed by atoms with Crippen molar-refractivity contribution in [3.05, 3.63) is 29.8 Å². The van der Waals surface area contributed by atoms with Crippen LogP contribution in [0, 0.1) is 0 Å². The molecule has 1 amide bonds. The summed E-state index contributed by atoms with van der Waals surface area (Å²) in [6, 6.07) is 7.60. The topological polar surface area (TPSA) is 55.6 Å². The molecule has 94 valence electrons. The standard InChI is InChI=1S/C13H20N2O2/c1-10(9-14)15(2)13(16)8-11-5-4-6-12(7-11)17-3/h4-7,10H,8-9,14H2,1-3H3. The van der Waals surface area contributed by atoms with Crippen LogP contribution in [0.4, 0.5) is 0 Å². The van der Waals surface area contributed by atoms with Crippen molar-refractivity contribution < 1.29 is 9.53 Å². The fourth-order valence-corrected chi connectivity index (χ4v) is 1.49. The van der Waals surface area contributed by atoms with Crippen molar-refractivity contribution in [1.29, 1.82) is 0 Å². The van der Waals surface area contributed by atoms with E-state index in [9.17, 15) is 4.79 Å². The van der Waals surface area contributed by atoms with E-state index in [1.54, 1.807) is 19.1 Å². The summed E-state index contributed by atoms with van der Waals surface area (Å²) in [5, 5.41) is 0. The van der Waals surface area contributed by atoms with Crippen LogP contribution in [-0.2, 0) is 11.2 Å². The number of rotatable bonds is 5. The maximum atomic E-state index is 11.9. The zero-order valence-corrected chi connectivity index (χ0v) is 10.6. The number of methoxy groups -OCH3 is 1. The van der Waals surface area contributed by atoms with Crippen LogP contribution in [0.1, 0.15) is 12.5 Å². The molecule has 4 heteroatoms. The van der Waals surface area contributed by atoms with Gasteiger partial charge in [0.1, 0.15) is 5.75 Å². The highest BCUT2D eigenvalue weighted by atomic mass is 16.5. The second kappa shape index (κ2) is 6.25. The Labute approximate surface area is 102 Å². The molecule has 1 unspecified atom stereocenters. The first-order chi connectivity index (χ1) is 8.08. The summed E-state index contributed by atoms with van der Waals surface area (Å²) in [7, 11) is 3.39. The Morgan fingerprint density at radius 1 is 1.53 bits per heavy atom. The van der Waals surface area contributed by atoms with E-state index >= 15 is 0 Å². The first kappa shape index (κ1) is 13.5. The molecule has 0 saturated heterocycles. The molecule has 0 fully saturated rings. The fraction of sp³-hybridized carbons (Fsp3) is 0.462. The van der Waals surface area contributed by atoms with Gasteiger partial charge in [0.05, 0.1) is 13.5 Å². The van der Waals surface area contributed by atoms with Gasteiger partial charge < -0.3 is 15.4 Å². The van der Waals surface area contributed by atoms with Crippen LogP contribution in [0.2, 0.25) is 0 Å². The van der Waals surface area contributed by atoms with Crippen LogP contribution >= 0.6 is 0 Å². The number of nitrogens with zero attached hydrogens (tertiary/aromatic N) is 1. The average Bonchev–Trinajstić information content (AvgIpc) is 2.37. The number of carbonyl (C=O) groups excluding carboxylic acids is 1. The van der Waals surface area contributed by atoms with Gasteiger partial charge in [-0.2, -0.15) is 0 Å². The lowest BCUT2D eigenvalue weighted by atomic mass is 10.1. The van der Waals surface area contributed by atoms with Crippen LogP contribution in [0.5, 0.6) is 5.75 Å². The van der Waals surface area contributed by atoms with Crippen molar-refractivity contribution in [2.24, 2.45) is 5.73 Å². The van der Waals surface area contributed by atoms with Crippen LogP contribution in [0.15, 0.2) is 24.3 Å². The summed E-state index contributed by atoms with van der Waals surface area (Å²) in [5.74, 6) is 0.834. The molecule has 1 rings (SSSR count). The van der Waals surface area contributed by atoms with Gasteiger partial charge in [0.15, 0.2) is 0 Å². The minimum Gasteiger partial charge on any atom is -0.497 e. The zero-order valence-electron chi connectivity index (χ0n) is 10.6. The number of carbonyl (C=O) groups is 1. The first-order valence-electron chi connectivity index (χ1n) is 5.67. The molecule has 0 saturated carbocycles. The molecule has 0 aliphatic rings. The van der Waals surface area contributed by atoms with Crippen molar-refractivity contribution in [2.75, 3.05) is 20.7 Å². The van der Waals surface area contributed by atoms with E-state index in [1.165, 1.54) is 0 Å². The molecule has 0 radical (unpaired) electrons. The smallest absolute Gasteiger partial charge is 0.227 e. The predicted octanol–water partition coefficient (Wildman–Crippen LogP) is 1.04. The normalized spacial score (nSPS) is 12.0. The average molecular weight is 236 g/mol. The molecule has 0 aliphatic carbocycles. The Morgan fingerprint density at radius 3 is 2.82 bits per heavy atom. The molecule has 0 aliphatic heterocycles. The molecule has 0 bridgehead atoms. The molecule has 1 aromatic carbocycles. The number of hydrogen-bond donors (Lipinski definition) is 1. The number of hydrogen-bond acceptors (Lipinski definition) is 3. The van der Waals surface area contributed by atoms with E-state index in [0.29, 0.717) is 13.0 Å². The van der Waals surface area contributed by atoms with Gasteiger partial charge in [-0.05, 0) is 24.6 Å². The van der Waals surface area contributed by atoms with Gasteiger partial charge >= 0.3 is 0 Å². The molecule has 0 spiro atoms. The number of nitrogens with two attached hydrogens (primary N) is 1. The van der Waals surface area contributed by atoms with E-state index in [0.717, 1.165) is 11.3 Å². The van der Waals surface area contributed by atoms with Gasteiger partial charge in [0.2, 0.25) is 5.91 Å². The lowest BCUT2D eigenvalue weighted by Crippen LogP contribution is -2.40. The van der Waals surface area contributed by atoms with Crippen LogP contribution in [0.3, 0.4) is 0 Å². The summed E-state index contributed by atoms with van der Waals surface area (Å²) < 4.78 is 5.12. The Bertz CT molecular complexity index is 379. The fourth-order valence-electron chi connectivity index (χ4n) is 1.49. The van der Waals surface area contributed by atoms with Gasteiger partial charge in [0.25, 0.3) is 0 Å². The summed E-state index contributed by atoms with van der Waals surface area (Å²) in [4.78, 5) is 13.6. The Morgan fingerprint density at radius 2 is 2.24 bits per heavy atom. The van der Waals surface area contributed by atoms with E-state index in [4.69, 9.17) is 10.5 Å². The third-order valence-corrected chi connectivity index (χ3v) is 2.89. The minimum atomic E-state index is 0.0631. The van der Waals surface area contributed by atoms with Gasteiger partial charge in [0, 0.05) is 19.6 Å². The highest BCUT2D eigenvalue weighted by Crippen LogP contribution is 2.13. The summed E-state index contributed by atoms with van der Waals surface area (Å²) >= 11 is 0. The third-order valence-electron chi connectivity index (χ3n) is 2.89. The largest absolute Gasteiger partial charge is 0.497 e. The highest BCUT2D eigenvalue weighted by molar-refractivity contribution is 5.78. The van der Waals surface area contributed by atoms with Crippen LogP contribution in [0.25, 0.3) is 0 Å². The maximum absolute atomic E-state index is 11.9. The van der Waals surface area contributed by atoms with E-state index < -0.39 is 0 Å². The number of likely N-dealkylation sites (N-methyl/N-ethyl adjacent to an activating group) is 1. The van der Waals surface area contributed by atoms with Gasteiger partial charge in [-0.1, -0.05) is 12.1 Å². The number of ether oxygens (including phenoxy) is 1. The van der Waals surface area contributed by atoms with E-state index in [2.05, 4.69) is 0 Å². The number of benzene rings is 1. The van der Waals surface area contributed by atoms with Crippen molar-refractivity contribution >= 4 is 5.91 Å². The Kier molecular flexibility index (Phi) is 4.97. The molecular formula is C13H20N2O2. The van der Waals surface area contributed by atoms with Crippen molar-refractivity contribution in [3.8, 4) is 5.75 Å². The summed E-state index contributed by atoms with van der Waals surface area (Å²) in [5.41, 5.74) is 6.49. The molecule has 0 heterocycles. The monoisotopic (exact) mass is 236 g/mol. The van der Waals surface area contributed by atoms with Crippen molar-refractivity contribution in [3.63, 3.8) is 0 Å². The SMILES string of the molecule is COc1cccc(CC(=O)N(C)C(C)CN)c1. The van der Waals surface area contributed by atoms with Crippen LogP contribution in [-0.4, -0.2) is 37.6 Å². The Balaban J connectivity index is 2.67. The molecule has 1 aromatic rings. The summed E-state index contributed by atoms with van der Waals surface area (Å²) in [6.45, 7) is 2.41. The quantitative estimate of drug-likeness (QED) is 0.831. The third kappa shape index (κ3) is 3.75. The highest BCUT2D eigenvalue weighted by Gasteiger charge is 2.14. The lowest BCUT2D eigenvalue weighted by Gasteiger charge is -2.23. The first-order valence-corrected chi connectivity index (χ1v) is 5.67. The van der Waals surface area contributed by atoms with Crippen molar-refractivity contribution in [1.82, 2.24) is 4.90 Å². The van der Waals surface area contributed by atoms with Crippen LogP contribution < -0.4 is 10.5 Å². The minimum absolute atomic E-state index is 0.0631. The zero-order chi connectivity index (χ0) is 12.8. The lowest BCUT2D eigenvalue weighted by molar-refractivity contribution is -0.130. The molecule has 17 heavy (non-hydrogen) atoms. The predicted molar refractivity (Wildman–Crippen MR) is 68.0 cm³/mol.